The molecule has 0 spiro atoms. The maximum absolute atomic E-state index is 14.5. The van der Waals surface area contributed by atoms with Crippen molar-refractivity contribution < 1.29 is 18.7 Å². The quantitative estimate of drug-likeness (QED) is 0.685. The highest BCUT2D eigenvalue weighted by Crippen LogP contribution is 2.46. The molecule has 3 aromatic heterocycles. The van der Waals surface area contributed by atoms with Gasteiger partial charge in [-0.25, -0.2) is 23.7 Å². The first kappa shape index (κ1) is 17.9. The van der Waals surface area contributed by atoms with Gasteiger partial charge in [-0.15, -0.1) is 0 Å². The Balaban J connectivity index is 1.51. The number of hydrogen-bond donors (Lipinski definition) is 2. The van der Waals surface area contributed by atoms with Crippen LogP contribution in [-0.2, 0) is 4.79 Å². The maximum Gasteiger partial charge on any atom is 0.183 e. The van der Waals surface area contributed by atoms with E-state index in [2.05, 4.69) is 30.5 Å². The number of carboxylic acids is 1. The summed E-state index contributed by atoms with van der Waals surface area (Å²) in [6.45, 7) is 0. The zero-order valence-corrected chi connectivity index (χ0v) is 15.2. The van der Waals surface area contributed by atoms with Gasteiger partial charge >= 0.3 is 0 Å². The minimum atomic E-state index is -1.12. The Hall–Kier alpha value is -3.17. The molecule has 3 aromatic rings. The minimum absolute atomic E-state index is 0.0254. The first-order valence-corrected chi connectivity index (χ1v) is 9.51. The van der Waals surface area contributed by atoms with Gasteiger partial charge in [-0.05, 0) is 43.6 Å². The Morgan fingerprint density at radius 3 is 2.66 bits per heavy atom. The second kappa shape index (κ2) is 6.71. The first-order chi connectivity index (χ1) is 14.0. The molecule has 29 heavy (non-hydrogen) atoms. The number of halogens is 2. The summed E-state index contributed by atoms with van der Waals surface area (Å²) in [6.07, 6.45) is 5.52. The highest BCUT2D eigenvalue weighted by molar-refractivity contribution is 5.88. The number of H-pyrrole nitrogens is 1. The minimum Gasteiger partial charge on any atom is -0.550 e. The number of aromatic amines is 1. The van der Waals surface area contributed by atoms with E-state index in [1.807, 2.05) is 0 Å². The van der Waals surface area contributed by atoms with Crippen LogP contribution in [0.1, 0.15) is 25.7 Å². The smallest absolute Gasteiger partial charge is 0.183 e. The van der Waals surface area contributed by atoms with Gasteiger partial charge in [0.1, 0.15) is 11.5 Å². The predicted molar refractivity (Wildman–Crippen MR) is 96.2 cm³/mol. The number of hydrogen-bond acceptors (Lipinski definition) is 7. The van der Waals surface area contributed by atoms with Gasteiger partial charge in [0.25, 0.3) is 0 Å². The number of rotatable bonds is 4. The van der Waals surface area contributed by atoms with E-state index in [0.29, 0.717) is 11.1 Å². The summed E-state index contributed by atoms with van der Waals surface area (Å²) < 4.78 is 28.1. The number of nitrogens with zero attached hydrogens (tertiary/aromatic N) is 4. The second-order valence-corrected chi connectivity index (χ2v) is 7.70. The molecule has 6 rings (SSSR count). The van der Waals surface area contributed by atoms with Crippen LogP contribution in [-0.4, -0.2) is 37.2 Å². The molecule has 0 radical (unpaired) electrons. The van der Waals surface area contributed by atoms with Crippen LogP contribution in [0.4, 0.5) is 14.6 Å². The molecule has 1 unspecified atom stereocenters. The first-order valence-electron chi connectivity index (χ1n) is 9.51. The molecule has 8 nitrogen and oxygen atoms in total. The molecular formula is C19H17F2N6O2-. The van der Waals surface area contributed by atoms with Crippen LogP contribution in [0, 0.1) is 29.4 Å². The molecule has 2 N–H and O–H groups in total. The van der Waals surface area contributed by atoms with E-state index in [-0.39, 0.29) is 29.1 Å². The molecule has 2 bridgehead atoms. The van der Waals surface area contributed by atoms with Gasteiger partial charge in [0.15, 0.2) is 23.1 Å². The van der Waals surface area contributed by atoms with Gasteiger partial charge in [0.05, 0.1) is 17.8 Å². The highest BCUT2D eigenvalue weighted by atomic mass is 19.1. The number of carbonyl (C=O) groups excluding carboxylic acids is 1. The Bertz CT molecular complexity index is 1100. The van der Waals surface area contributed by atoms with Gasteiger partial charge in [-0.1, -0.05) is 0 Å². The van der Waals surface area contributed by atoms with Crippen molar-refractivity contribution in [2.45, 2.75) is 31.7 Å². The van der Waals surface area contributed by atoms with Crippen LogP contribution in [0.15, 0.2) is 18.5 Å². The third kappa shape index (κ3) is 2.99. The number of carbonyl (C=O) groups is 1. The van der Waals surface area contributed by atoms with Gasteiger partial charge in [0.2, 0.25) is 0 Å². The molecule has 2 atom stereocenters. The number of nitrogens with one attached hydrogen (secondary N) is 2. The van der Waals surface area contributed by atoms with Crippen molar-refractivity contribution in [3.63, 3.8) is 0 Å². The molecule has 150 valence electrons. The highest BCUT2D eigenvalue weighted by Gasteiger charge is 2.44. The standard InChI is InChI=1S/C19H18F2N6O2/c20-10-5-11-15(26-27-16(11)22-6-10)18-23-7-12(21)17(25-18)24-14-9-3-1-8(2-4-9)13(14)19(28)29/h5-9,13-14H,1-4H2,(H,28,29)(H,22,26,27)(H,23,24,25)/p-1/t8?,9?,13-,14?/m1/s1. The van der Waals surface area contributed by atoms with E-state index >= 15 is 0 Å². The van der Waals surface area contributed by atoms with Crippen molar-refractivity contribution >= 4 is 22.8 Å². The van der Waals surface area contributed by atoms with Crippen molar-refractivity contribution in [1.29, 1.82) is 0 Å². The Kier molecular flexibility index (Phi) is 4.14. The summed E-state index contributed by atoms with van der Waals surface area (Å²) >= 11 is 0. The summed E-state index contributed by atoms with van der Waals surface area (Å²) in [4.78, 5) is 23.8. The molecule has 3 saturated carbocycles. The molecule has 0 amide bonds. The molecule has 3 aliphatic carbocycles. The number of aliphatic carboxylic acids is 1. The number of pyridine rings is 1. The summed E-state index contributed by atoms with van der Waals surface area (Å²) in [6, 6.07) is 0.787. The summed E-state index contributed by atoms with van der Waals surface area (Å²) in [5, 5.41) is 21.8. The van der Waals surface area contributed by atoms with Crippen LogP contribution in [0.3, 0.4) is 0 Å². The second-order valence-electron chi connectivity index (χ2n) is 7.70. The SMILES string of the molecule is O=C([O-])[C@@H]1C2CCC(CC2)C1Nc1nc(-c2[nH]nc3ncc(F)cc23)ncc1F. The lowest BCUT2D eigenvalue weighted by molar-refractivity contribution is -0.316. The third-order valence-electron chi connectivity index (χ3n) is 6.14. The molecule has 3 fully saturated rings. The van der Waals surface area contributed by atoms with E-state index in [1.165, 1.54) is 6.07 Å². The summed E-state index contributed by atoms with van der Waals surface area (Å²) in [7, 11) is 0. The fraction of sp³-hybridized carbons (Fsp3) is 0.421. The topological polar surface area (TPSA) is 120 Å². The summed E-state index contributed by atoms with van der Waals surface area (Å²) in [5.74, 6) is -2.89. The maximum atomic E-state index is 14.5. The Labute approximate surface area is 163 Å². The van der Waals surface area contributed by atoms with Crippen LogP contribution in [0.2, 0.25) is 0 Å². The van der Waals surface area contributed by atoms with Gasteiger partial charge in [-0.2, -0.15) is 5.10 Å². The van der Waals surface area contributed by atoms with Crippen LogP contribution >= 0.6 is 0 Å². The Morgan fingerprint density at radius 2 is 1.90 bits per heavy atom. The fourth-order valence-electron chi connectivity index (χ4n) is 4.79. The van der Waals surface area contributed by atoms with Crippen LogP contribution in [0.25, 0.3) is 22.6 Å². The van der Waals surface area contributed by atoms with Crippen molar-refractivity contribution in [1.82, 2.24) is 25.1 Å². The molecule has 0 saturated heterocycles. The molecule has 0 aromatic carbocycles. The van der Waals surface area contributed by atoms with E-state index in [9.17, 15) is 18.7 Å². The summed E-state index contributed by atoms with van der Waals surface area (Å²) in [5.41, 5.74) is 0.585. The lowest BCUT2D eigenvalue weighted by atomic mass is 9.61. The van der Waals surface area contributed by atoms with Crippen LogP contribution in [0.5, 0.6) is 0 Å². The van der Waals surface area contributed by atoms with E-state index < -0.39 is 29.6 Å². The number of fused-ring (bicyclic) bond motifs is 4. The van der Waals surface area contributed by atoms with E-state index in [0.717, 1.165) is 38.1 Å². The van der Waals surface area contributed by atoms with Crippen molar-refractivity contribution in [2.75, 3.05) is 5.32 Å². The molecule has 10 heteroatoms. The largest absolute Gasteiger partial charge is 0.550 e. The average Bonchev–Trinajstić information content (AvgIpc) is 3.13. The van der Waals surface area contributed by atoms with Crippen molar-refractivity contribution in [3.05, 3.63) is 30.1 Å². The molecule has 3 aliphatic rings. The van der Waals surface area contributed by atoms with Gasteiger partial charge in [-0.3, -0.25) is 5.10 Å². The normalized spacial score (nSPS) is 26.0. The monoisotopic (exact) mass is 399 g/mol. The Morgan fingerprint density at radius 1 is 1.14 bits per heavy atom. The van der Waals surface area contributed by atoms with E-state index in [1.54, 1.807) is 0 Å². The number of aromatic nitrogens is 5. The van der Waals surface area contributed by atoms with E-state index in [4.69, 9.17) is 0 Å². The van der Waals surface area contributed by atoms with Crippen molar-refractivity contribution in [2.24, 2.45) is 17.8 Å². The zero-order chi connectivity index (χ0) is 20.1. The van der Waals surface area contributed by atoms with Gasteiger partial charge < -0.3 is 15.2 Å². The fourth-order valence-corrected chi connectivity index (χ4v) is 4.79. The molecule has 0 aliphatic heterocycles. The molecular weight excluding hydrogens is 382 g/mol. The lowest BCUT2D eigenvalue weighted by Crippen LogP contribution is -2.55. The average molecular weight is 399 g/mol. The third-order valence-corrected chi connectivity index (χ3v) is 6.14. The van der Waals surface area contributed by atoms with Crippen molar-refractivity contribution in [3.8, 4) is 11.5 Å². The van der Waals surface area contributed by atoms with Gasteiger partial charge in [0, 0.05) is 17.9 Å². The number of anilines is 1. The molecule has 3 heterocycles. The zero-order valence-electron chi connectivity index (χ0n) is 15.2. The lowest BCUT2D eigenvalue weighted by Gasteiger charge is -2.49. The van der Waals surface area contributed by atoms with Crippen LogP contribution < -0.4 is 10.4 Å². The number of carboxylic acid groups (broad SMARTS) is 1. The predicted octanol–water partition coefficient (Wildman–Crippen LogP) is 1.66.